The number of benzene rings is 1. The Labute approximate surface area is 120 Å². The Bertz CT molecular complexity index is 656. The van der Waals surface area contributed by atoms with Gasteiger partial charge in [0, 0.05) is 7.05 Å². The molecule has 112 valence electrons. The third kappa shape index (κ3) is 3.18. The highest BCUT2D eigenvalue weighted by Gasteiger charge is 2.18. The van der Waals surface area contributed by atoms with Crippen molar-refractivity contribution in [3.63, 3.8) is 0 Å². The van der Waals surface area contributed by atoms with E-state index in [0.717, 1.165) is 6.07 Å². The molecule has 1 aromatic carbocycles. The standard InChI is InChI=1S/C14H14F2N2O3/c1-3-20-14(19)9-7-17-18(2)11(9)8-21-12-6-4-5-10(15)13(12)16/h4-7H,3,8H2,1-2H3. The summed E-state index contributed by atoms with van der Waals surface area (Å²) in [4.78, 5) is 11.7. The van der Waals surface area contributed by atoms with E-state index in [1.807, 2.05) is 0 Å². The lowest BCUT2D eigenvalue weighted by Gasteiger charge is -2.09. The van der Waals surface area contributed by atoms with Crippen LogP contribution in [-0.2, 0) is 18.4 Å². The van der Waals surface area contributed by atoms with E-state index in [-0.39, 0.29) is 24.5 Å². The Balaban J connectivity index is 2.18. The molecule has 5 nitrogen and oxygen atoms in total. The first-order valence-electron chi connectivity index (χ1n) is 6.29. The minimum atomic E-state index is -1.07. The van der Waals surface area contributed by atoms with Gasteiger partial charge in [0.2, 0.25) is 5.82 Å². The lowest BCUT2D eigenvalue weighted by atomic mass is 10.2. The topological polar surface area (TPSA) is 53.3 Å². The van der Waals surface area contributed by atoms with Crippen LogP contribution in [0.25, 0.3) is 0 Å². The average molecular weight is 296 g/mol. The quantitative estimate of drug-likeness (QED) is 0.795. The Kier molecular flexibility index (Phi) is 4.52. The van der Waals surface area contributed by atoms with Gasteiger partial charge >= 0.3 is 5.97 Å². The summed E-state index contributed by atoms with van der Waals surface area (Å²) in [5.41, 5.74) is 0.647. The second-order valence-electron chi connectivity index (χ2n) is 4.19. The number of halogens is 2. The molecule has 0 aliphatic heterocycles. The number of carbonyl (C=O) groups excluding carboxylic acids is 1. The summed E-state index contributed by atoms with van der Waals surface area (Å²) in [5, 5.41) is 3.94. The predicted molar refractivity (Wildman–Crippen MR) is 69.9 cm³/mol. The van der Waals surface area contributed by atoms with Crippen LogP contribution in [-0.4, -0.2) is 22.4 Å². The SMILES string of the molecule is CCOC(=O)c1cnn(C)c1COc1cccc(F)c1F. The fourth-order valence-corrected chi connectivity index (χ4v) is 1.75. The Morgan fingerprint density at radius 1 is 1.38 bits per heavy atom. The van der Waals surface area contributed by atoms with Crippen LogP contribution in [0.3, 0.4) is 0 Å². The number of ether oxygens (including phenoxy) is 2. The number of aryl methyl sites for hydroxylation is 1. The van der Waals surface area contributed by atoms with E-state index >= 15 is 0 Å². The lowest BCUT2D eigenvalue weighted by molar-refractivity contribution is 0.0523. The molecule has 7 heteroatoms. The molecule has 2 aromatic rings. The molecule has 0 bridgehead atoms. The lowest BCUT2D eigenvalue weighted by Crippen LogP contribution is -2.11. The van der Waals surface area contributed by atoms with Crippen molar-refractivity contribution in [3.05, 3.63) is 47.3 Å². The number of rotatable bonds is 5. The molecule has 1 heterocycles. The Morgan fingerprint density at radius 3 is 2.86 bits per heavy atom. The van der Waals surface area contributed by atoms with Crippen LogP contribution in [0, 0.1) is 11.6 Å². The van der Waals surface area contributed by atoms with Crippen molar-refractivity contribution in [1.82, 2.24) is 9.78 Å². The monoisotopic (exact) mass is 296 g/mol. The summed E-state index contributed by atoms with van der Waals surface area (Å²) in [7, 11) is 1.61. The molecule has 0 aliphatic carbocycles. The minimum absolute atomic E-state index is 0.134. The van der Waals surface area contributed by atoms with Crippen molar-refractivity contribution < 1.29 is 23.0 Å². The summed E-state index contributed by atoms with van der Waals surface area (Å²) in [5.74, 6) is -2.84. The van der Waals surface area contributed by atoms with Gasteiger partial charge in [0.25, 0.3) is 0 Å². The van der Waals surface area contributed by atoms with E-state index in [2.05, 4.69) is 5.10 Å². The fraction of sp³-hybridized carbons (Fsp3) is 0.286. The van der Waals surface area contributed by atoms with Gasteiger partial charge < -0.3 is 9.47 Å². The molecule has 0 radical (unpaired) electrons. The summed E-state index contributed by atoms with van der Waals surface area (Å²) < 4.78 is 38.1. The summed E-state index contributed by atoms with van der Waals surface area (Å²) in [6, 6.07) is 3.64. The molecule has 0 saturated carbocycles. The summed E-state index contributed by atoms with van der Waals surface area (Å²) in [6.07, 6.45) is 1.35. The van der Waals surface area contributed by atoms with Crippen LogP contribution in [0.15, 0.2) is 24.4 Å². The van der Waals surface area contributed by atoms with E-state index in [1.165, 1.54) is 23.0 Å². The highest BCUT2D eigenvalue weighted by molar-refractivity contribution is 5.90. The van der Waals surface area contributed by atoms with Crippen molar-refractivity contribution >= 4 is 5.97 Å². The molecule has 21 heavy (non-hydrogen) atoms. The minimum Gasteiger partial charge on any atom is -0.484 e. The van der Waals surface area contributed by atoms with Gasteiger partial charge in [0.15, 0.2) is 11.6 Å². The summed E-state index contributed by atoms with van der Waals surface area (Å²) in [6.45, 7) is 1.78. The number of aromatic nitrogens is 2. The van der Waals surface area contributed by atoms with Gasteiger partial charge in [-0.15, -0.1) is 0 Å². The van der Waals surface area contributed by atoms with Crippen LogP contribution in [0.1, 0.15) is 23.0 Å². The zero-order valence-electron chi connectivity index (χ0n) is 11.6. The summed E-state index contributed by atoms with van der Waals surface area (Å²) >= 11 is 0. The van der Waals surface area contributed by atoms with Crippen LogP contribution in [0.4, 0.5) is 8.78 Å². The van der Waals surface area contributed by atoms with Gasteiger partial charge in [-0.1, -0.05) is 6.07 Å². The number of hydrogen-bond acceptors (Lipinski definition) is 4. The molecule has 0 atom stereocenters. The first-order chi connectivity index (χ1) is 10.0. The highest BCUT2D eigenvalue weighted by Crippen LogP contribution is 2.21. The first kappa shape index (κ1) is 15.0. The van der Waals surface area contributed by atoms with E-state index in [1.54, 1.807) is 14.0 Å². The predicted octanol–water partition coefficient (Wildman–Crippen LogP) is 2.45. The van der Waals surface area contributed by atoms with Crippen LogP contribution in [0.5, 0.6) is 5.75 Å². The zero-order valence-corrected chi connectivity index (χ0v) is 11.6. The van der Waals surface area contributed by atoms with Crippen LogP contribution in [0.2, 0.25) is 0 Å². The molecule has 0 N–H and O–H groups in total. The van der Waals surface area contributed by atoms with Crippen molar-refractivity contribution in [1.29, 1.82) is 0 Å². The van der Waals surface area contributed by atoms with Gasteiger partial charge in [-0.25, -0.2) is 9.18 Å². The normalized spacial score (nSPS) is 10.5. The second kappa shape index (κ2) is 6.34. The number of hydrogen-bond donors (Lipinski definition) is 0. The molecule has 0 fully saturated rings. The van der Waals surface area contributed by atoms with Gasteiger partial charge in [0.1, 0.15) is 12.2 Å². The Hall–Kier alpha value is -2.44. The van der Waals surface area contributed by atoms with Crippen molar-refractivity contribution in [3.8, 4) is 5.75 Å². The van der Waals surface area contributed by atoms with Crippen LogP contribution >= 0.6 is 0 Å². The maximum absolute atomic E-state index is 13.5. The average Bonchev–Trinajstić information content (AvgIpc) is 2.82. The maximum Gasteiger partial charge on any atom is 0.341 e. The van der Waals surface area contributed by atoms with E-state index in [4.69, 9.17) is 9.47 Å². The molecule has 0 unspecified atom stereocenters. The number of esters is 1. The smallest absolute Gasteiger partial charge is 0.341 e. The third-order valence-electron chi connectivity index (χ3n) is 2.84. The number of carbonyl (C=O) groups is 1. The molecule has 0 aliphatic rings. The molecule has 1 aromatic heterocycles. The molecule has 0 saturated heterocycles. The number of nitrogens with zero attached hydrogens (tertiary/aromatic N) is 2. The molecular weight excluding hydrogens is 282 g/mol. The van der Waals surface area contributed by atoms with Crippen molar-refractivity contribution in [2.24, 2.45) is 7.05 Å². The van der Waals surface area contributed by atoms with Crippen LogP contribution < -0.4 is 4.74 Å². The van der Waals surface area contributed by atoms with Gasteiger partial charge in [-0.05, 0) is 19.1 Å². The largest absolute Gasteiger partial charge is 0.484 e. The van der Waals surface area contributed by atoms with E-state index < -0.39 is 17.6 Å². The van der Waals surface area contributed by atoms with Gasteiger partial charge in [-0.3, -0.25) is 4.68 Å². The van der Waals surface area contributed by atoms with Crippen molar-refractivity contribution in [2.75, 3.05) is 6.61 Å². The van der Waals surface area contributed by atoms with Gasteiger partial charge in [0.05, 0.1) is 18.5 Å². The molecular formula is C14H14F2N2O3. The first-order valence-corrected chi connectivity index (χ1v) is 6.29. The fourth-order valence-electron chi connectivity index (χ4n) is 1.75. The second-order valence-corrected chi connectivity index (χ2v) is 4.19. The van der Waals surface area contributed by atoms with Crippen molar-refractivity contribution in [2.45, 2.75) is 13.5 Å². The Morgan fingerprint density at radius 2 is 2.14 bits per heavy atom. The highest BCUT2D eigenvalue weighted by atomic mass is 19.2. The maximum atomic E-state index is 13.5. The van der Waals surface area contributed by atoms with Gasteiger partial charge in [-0.2, -0.15) is 9.49 Å². The van der Waals surface area contributed by atoms with E-state index in [9.17, 15) is 13.6 Å². The molecule has 2 rings (SSSR count). The molecule has 0 spiro atoms. The third-order valence-corrected chi connectivity index (χ3v) is 2.84. The molecule has 0 amide bonds. The zero-order chi connectivity index (χ0) is 15.4. The van der Waals surface area contributed by atoms with E-state index in [0.29, 0.717) is 5.69 Å².